The Bertz CT molecular complexity index is 1240. The smallest absolute Gasteiger partial charge is 0.332 e. The van der Waals surface area contributed by atoms with Crippen molar-refractivity contribution in [1.29, 1.82) is 0 Å². The number of piperidine rings is 1. The maximum atomic E-state index is 14.3. The van der Waals surface area contributed by atoms with Gasteiger partial charge < -0.3 is 9.64 Å². The summed E-state index contributed by atoms with van der Waals surface area (Å²) in [6, 6.07) is 25.2. The molecule has 2 aliphatic heterocycles. The second-order valence-electron chi connectivity index (χ2n) is 9.41. The van der Waals surface area contributed by atoms with Gasteiger partial charge in [-0.2, -0.15) is 0 Å². The van der Waals surface area contributed by atoms with Crippen molar-refractivity contribution in [2.45, 2.75) is 37.3 Å². The molecular weight excluding hydrogens is 412 g/mol. The molecule has 5 nitrogen and oxygen atoms in total. The monoisotopic (exact) mass is 438 g/mol. The van der Waals surface area contributed by atoms with E-state index in [1.54, 1.807) is 31.4 Å². The van der Waals surface area contributed by atoms with Crippen LogP contribution in [0.5, 0.6) is 5.75 Å². The van der Waals surface area contributed by atoms with Gasteiger partial charge in [0.15, 0.2) is 0 Å². The molecule has 3 aromatic carbocycles. The summed E-state index contributed by atoms with van der Waals surface area (Å²) in [6.07, 6.45) is 1.42. The van der Waals surface area contributed by atoms with Crippen LogP contribution in [-0.2, 0) is 11.2 Å². The zero-order valence-electron chi connectivity index (χ0n) is 18.8. The van der Waals surface area contributed by atoms with E-state index in [-0.39, 0.29) is 29.8 Å². The fourth-order valence-electron chi connectivity index (χ4n) is 6.38. The van der Waals surface area contributed by atoms with E-state index in [0.717, 1.165) is 12.0 Å². The van der Waals surface area contributed by atoms with E-state index < -0.39 is 5.54 Å². The highest BCUT2D eigenvalue weighted by Crippen LogP contribution is 2.59. The zero-order chi connectivity index (χ0) is 22.7. The van der Waals surface area contributed by atoms with Crippen molar-refractivity contribution in [3.8, 4) is 5.75 Å². The van der Waals surface area contributed by atoms with E-state index >= 15 is 0 Å². The lowest BCUT2D eigenvalue weighted by Gasteiger charge is -2.49. The van der Waals surface area contributed by atoms with Gasteiger partial charge in [-0.05, 0) is 53.3 Å². The fraction of sp³-hybridized carbons (Fsp3) is 0.286. The molecule has 1 spiro atoms. The van der Waals surface area contributed by atoms with Gasteiger partial charge in [0.05, 0.1) is 18.8 Å². The third kappa shape index (κ3) is 2.65. The number of rotatable bonds is 3. The first-order chi connectivity index (χ1) is 16.1. The number of amides is 3. The normalized spacial score (nSPS) is 27.9. The number of anilines is 1. The molecule has 0 saturated carbocycles. The number of urea groups is 1. The number of ether oxygens (including phenoxy) is 1. The first kappa shape index (κ1) is 20.0. The summed E-state index contributed by atoms with van der Waals surface area (Å²) in [5.41, 5.74) is 3.15. The lowest BCUT2D eigenvalue weighted by molar-refractivity contribution is -0.129. The van der Waals surface area contributed by atoms with Crippen LogP contribution in [0.3, 0.4) is 0 Å². The van der Waals surface area contributed by atoms with E-state index in [1.165, 1.54) is 16.0 Å². The Labute approximate surface area is 193 Å². The summed E-state index contributed by atoms with van der Waals surface area (Å²) in [5.74, 6) is 0.773. The van der Waals surface area contributed by atoms with Crippen molar-refractivity contribution in [2.24, 2.45) is 5.92 Å². The minimum atomic E-state index is -0.895. The molecule has 3 amide bonds. The Morgan fingerprint density at radius 2 is 1.61 bits per heavy atom. The molecular formula is C28H26N2O3. The molecule has 4 atom stereocenters. The maximum absolute atomic E-state index is 14.3. The Kier molecular flexibility index (Phi) is 4.37. The first-order valence-electron chi connectivity index (χ1n) is 11.5. The van der Waals surface area contributed by atoms with Gasteiger partial charge in [0.2, 0.25) is 0 Å². The topological polar surface area (TPSA) is 49.9 Å². The number of hydrogen-bond donors (Lipinski definition) is 0. The minimum Gasteiger partial charge on any atom is -0.497 e. The SMILES string of the molecule is COc1ccc(N2C(=O)N3[C@H](c4ccccc4)[C@@H](C)C[C@H]4c5ccccc5C[C@]43C2=O)cc1. The number of carbonyl (C=O) groups excluding carboxylic acids is 2. The standard InChI is InChI=1S/C28H26N2O3/c1-18-16-24-23-11-7-6-10-20(23)17-28(24)26(31)29(21-12-14-22(33-2)15-13-21)27(32)30(28)25(18)19-8-4-3-5-9-19/h3-15,18,24-25H,16-17H2,1-2H3/t18-,24-,25-,28+/m0/s1. The predicted molar refractivity (Wildman–Crippen MR) is 126 cm³/mol. The quantitative estimate of drug-likeness (QED) is 0.520. The third-order valence-corrected chi connectivity index (χ3v) is 7.76. The zero-order valence-corrected chi connectivity index (χ0v) is 18.8. The maximum Gasteiger partial charge on any atom is 0.332 e. The van der Waals surface area contributed by atoms with Gasteiger partial charge >= 0.3 is 6.03 Å². The number of nitrogens with zero attached hydrogens (tertiary/aromatic N) is 2. The lowest BCUT2D eigenvalue weighted by atomic mass is 9.70. The Hall–Kier alpha value is -3.60. The Morgan fingerprint density at radius 3 is 2.33 bits per heavy atom. The summed E-state index contributed by atoms with van der Waals surface area (Å²) in [5, 5.41) is 0. The molecule has 0 bridgehead atoms. The molecule has 1 aliphatic carbocycles. The van der Waals surface area contributed by atoms with Gasteiger partial charge in [0, 0.05) is 12.3 Å². The summed E-state index contributed by atoms with van der Waals surface area (Å²) >= 11 is 0. The highest BCUT2D eigenvalue weighted by molar-refractivity contribution is 6.24. The lowest BCUT2D eigenvalue weighted by Crippen LogP contribution is -2.58. The van der Waals surface area contributed by atoms with Crippen LogP contribution in [0.15, 0.2) is 78.9 Å². The van der Waals surface area contributed by atoms with Crippen LogP contribution in [-0.4, -0.2) is 29.5 Å². The average molecular weight is 439 g/mol. The second kappa shape index (κ2) is 7.20. The summed E-state index contributed by atoms with van der Waals surface area (Å²) in [4.78, 5) is 31.7. The van der Waals surface area contributed by atoms with Crippen molar-refractivity contribution in [3.05, 3.63) is 95.6 Å². The molecule has 3 aliphatic rings. The number of methoxy groups -OCH3 is 1. The van der Waals surface area contributed by atoms with Crippen LogP contribution in [0, 0.1) is 5.92 Å². The summed E-state index contributed by atoms with van der Waals surface area (Å²) in [7, 11) is 1.60. The molecule has 33 heavy (non-hydrogen) atoms. The van der Waals surface area contributed by atoms with Crippen molar-refractivity contribution < 1.29 is 14.3 Å². The van der Waals surface area contributed by atoms with Crippen LogP contribution < -0.4 is 9.64 Å². The molecule has 0 radical (unpaired) electrons. The highest BCUT2D eigenvalue weighted by atomic mass is 16.5. The molecule has 2 heterocycles. The number of fused-ring (bicyclic) bond motifs is 2. The van der Waals surface area contributed by atoms with E-state index in [1.807, 2.05) is 35.2 Å². The van der Waals surface area contributed by atoms with Crippen LogP contribution >= 0.6 is 0 Å². The largest absolute Gasteiger partial charge is 0.497 e. The molecule has 2 saturated heterocycles. The number of imide groups is 1. The Balaban J connectivity index is 1.54. The van der Waals surface area contributed by atoms with Gasteiger partial charge in [-0.1, -0.05) is 61.5 Å². The molecule has 3 aromatic rings. The number of benzene rings is 3. The molecule has 166 valence electrons. The molecule has 0 unspecified atom stereocenters. The molecule has 6 rings (SSSR count). The van der Waals surface area contributed by atoms with Gasteiger partial charge in [0.25, 0.3) is 5.91 Å². The number of hydrogen-bond acceptors (Lipinski definition) is 3. The van der Waals surface area contributed by atoms with Crippen molar-refractivity contribution in [2.75, 3.05) is 12.0 Å². The van der Waals surface area contributed by atoms with E-state index in [2.05, 4.69) is 31.2 Å². The minimum absolute atomic E-state index is 0.0108. The molecule has 0 N–H and O–H groups in total. The average Bonchev–Trinajstić information content (AvgIpc) is 3.29. The van der Waals surface area contributed by atoms with Crippen molar-refractivity contribution in [1.82, 2.24) is 4.90 Å². The highest BCUT2D eigenvalue weighted by Gasteiger charge is 2.68. The third-order valence-electron chi connectivity index (χ3n) is 7.76. The molecule has 5 heteroatoms. The Morgan fingerprint density at radius 1 is 0.909 bits per heavy atom. The van der Waals surface area contributed by atoms with Crippen LogP contribution in [0.2, 0.25) is 0 Å². The summed E-state index contributed by atoms with van der Waals surface area (Å²) < 4.78 is 5.28. The van der Waals surface area contributed by atoms with Crippen LogP contribution in [0.4, 0.5) is 10.5 Å². The summed E-state index contributed by atoms with van der Waals surface area (Å²) in [6.45, 7) is 2.20. The van der Waals surface area contributed by atoms with E-state index in [4.69, 9.17) is 4.74 Å². The van der Waals surface area contributed by atoms with Crippen molar-refractivity contribution >= 4 is 17.6 Å². The van der Waals surface area contributed by atoms with Crippen molar-refractivity contribution in [3.63, 3.8) is 0 Å². The van der Waals surface area contributed by atoms with Gasteiger partial charge in [-0.15, -0.1) is 0 Å². The second-order valence-corrected chi connectivity index (χ2v) is 9.41. The van der Waals surface area contributed by atoms with E-state index in [0.29, 0.717) is 17.9 Å². The van der Waals surface area contributed by atoms with Gasteiger partial charge in [-0.25, -0.2) is 9.69 Å². The van der Waals surface area contributed by atoms with Crippen LogP contribution in [0.25, 0.3) is 0 Å². The fourth-order valence-corrected chi connectivity index (χ4v) is 6.38. The van der Waals surface area contributed by atoms with Gasteiger partial charge in [0.1, 0.15) is 11.3 Å². The first-order valence-corrected chi connectivity index (χ1v) is 11.5. The molecule has 0 aromatic heterocycles. The molecule has 2 fully saturated rings. The van der Waals surface area contributed by atoms with Crippen LogP contribution in [0.1, 0.15) is 42.0 Å². The van der Waals surface area contributed by atoms with E-state index in [9.17, 15) is 9.59 Å². The predicted octanol–water partition coefficient (Wildman–Crippen LogP) is 5.32. The number of carbonyl (C=O) groups is 2. The van der Waals surface area contributed by atoms with Gasteiger partial charge in [-0.3, -0.25) is 4.79 Å².